The molecule has 1 unspecified atom stereocenters. The van der Waals surface area contributed by atoms with E-state index in [4.69, 9.17) is 27.9 Å². The second kappa shape index (κ2) is 15.1. The summed E-state index contributed by atoms with van der Waals surface area (Å²) in [6.45, 7) is 17.2. The Labute approximate surface area is 295 Å². The van der Waals surface area contributed by atoms with Gasteiger partial charge in [-0.15, -0.1) is 0 Å². The molecule has 1 fully saturated rings. The number of carbonyl (C=O) groups excluding carboxylic acids is 1. The number of carbonyl (C=O) groups is 1. The Morgan fingerprint density at radius 1 is 0.896 bits per heavy atom. The number of hydrogen-bond acceptors (Lipinski definition) is 6. The van der Waals surface area contributed by atoms with Crippen LogP contribution >= 0.6 is 23.2 Å². The van der Waals surface area contributed by atoms with E-state index < -0.39 is 15.9 Å². The van der Waals surface area contributed by atoms with Gasteiger partial charge in [-0.3, -0.25) is 4.79 Å². The van der Waals surface area contributed by atoms with Crippen LogP contribution in [0, 0.1) is 5.39 Å². The van der Waals surface area contributed by atoms with E-state index in [-0.39, 0.29) is 38.1 Å². The van der Waals surface area contributed by atoms with Crippen LogP contribution in [0.3, 0.4) is 0 Å². The molecule has 1 heterocycles. The molecule has 48 heavy (non-hydrogen) atoms. The average molecular weight is 715 g/mol. The van der Waals surface area contributed by atoms with Crippen LogP contribution in [-0.4, -0.2) is 51.5 Å². The lowest BCUT2D eigenvalue weighted by Gasteiger charge is -2.38. The van der Waals surface area contributed by atoms with Crippen molar-refractivity contribution in [2.75, 3.05) is 31.1 Å². The molecule has 0 bridgehead atoms. The molecule has 1 aliphatic heterocycles. The van der Waals surface area contributed by atoms with Crippen molar-refractivity contribution < 1.29 is 17.9 Å². The molecule has 3 aromatic rings. The summed E-state index contributed by atoms with van der Waals surface area (Å²) in [5.41, 5.74) is 3.34. The van der Waals surface area contributed by atoms with Gasteiger partial charge in [0, 0.05) is 43.5 Å². The minimum absolute atomic E-state index is 0.0277. The number of diazo groups is 1. The van der Waals surface area contributed by atoms with Crippen LogP contribution in [0.4, 0.5) is 11.4 Å². The zero-order valence-corrected chi connectivity index (χ0v) is 31.3. The first-order valence-electron chi connectivity index (χ1n) is 16.6. The summed E-state index contributed by atoms with van der Waals surface area (Å²) in [6, 6.07) is 15.8. The second-order valence-electron chi connectivity index (χ2n) is 13.8. The first-order chi connectivity index (χ1) is 22.6. The Morgan fingerprint density at radius 3 is 2.15 bits per heavy atom. The Bertz CT molecular complexity index is 1800. The Hall–Kier alpha value is -3.32. The molecule has 1 atom stereocenters. The molecule has 3 aromatic carbocycles. The van der Waals surface area contributed by atoms with Gasteiger partial charge in [0.25, 0.3) is 5.91 Å². The fourth-order valence-corrected chi connectivity index (χ4v) is 7.61. The summed E-state index contributed by atoms with van der Waals surface area (Å²) in [6.07, 6.45) is 1.84. The maximum atomic E-state index is 13.8. The van der Waals surface area contributed by atoms with Gasteiger partial charge in [0.05, 0.1) is 15.8 Å². The average Bonchev–Trinajstić information content (AvgIpc) is 3.08. The SMILES string of the molecule is CCC(Oc1ccc(C(C)(C)CC)cc1C(C)(C)CC)C(=O)N1CCN(c2ccc([N+]#N)c(S(=O)(=O)Cc3ccc(Cl)c(Cl)c3)c2)CC1. The van der Waals surface area contributed by atoms with E-state index in [1.165, 1.54) is 23.8 Å². The van der Waals surface area contributed by atoms with E-state index in [1.54, 1.807) is 18.2 Å². The summed E-state index contributed by atoms with van der Waals surface area (Å²) >= 11 is 12.1. The fraction of sp³-hybridized carbons (Fsp3) is 0.486. The number of anilines is 1. The number of piperazine rings is 1. The van der Waals surface area contributed by atoms with Crippen molar-refractivity contribution in [3.8, 4) is 5.75 Å². The van der Waals surface area contributed by atoms with Crippen LogP contribution in [0.2, 0.25) is 10.0 Å². The van der Waals surface area contributed by atoms with E-state index in [2.05, 4.69) is 58.7 Å². The molecule has 0 aromatic heterocycles. The number of nitrogens with zero attached hydrogens (tertiary/aromatic N) is 4. The van der Waals surface area contributed by atoms with Gasteiger partial charge in [0.15, 0.2) is 25.8 Å². The van der Waals surface area contributed by atoms with Crippen LogP contribution in [0.1, 0.15) is 84.4 Å². The van der Waals surface area contributed by atoms with Gasteiger partial charge in [-0.05, 0) is 71.6 Å². The van der Waals surface area contributed by atoms with Crippen molar-refractivity contribution in [3.05, 3.63) is 86.3 Å². The number of sulfone groups is 1. The van der Waals surface area contributed by atoms with Gasteiger partial charge in [-0.2, -0.15) is 0 Å². The Kier molecular flexibility index (Phi) is 11.8. The van der Waals surface area contributed by atoms with Gasteiger partial charge in [-0.1, -0.05) is 89.9 Å². The monoisotopic (exact) mass is 713 g/mol. The molecule has 8 nitrogen and oxygen atoms in total. The third kappa shape index (κ3) is 8.27. The van der Waals surface area contributed by atoms with Crippen LogP contribution in [0.25, 0.3) is 4.98 Å². The maximum Gasteiger partial charge on any atom is 0.403 e. The van der Waals surface area contributed by atoms with Crippen molar-refractivity contribution >= 4 is 50.3 Å². The Morgan fingerprint density at radius 2 is 1.56 bits per heavy atom. The number of rotatable bonds is 12. The molecule has 4 rings (SSSR count). The molecule has 0 saturated carbocycles. The van der Waals surface area contributed by atoms with E-state index >= 15 is 0 Å². The van der Waals surface area contributed by atoms with E-state index in [9.17, 15) is 18.6 Å². The molecule has 1 saturated heterocycles. The van der Waals surface area contributed by atoms with Crippen molar-refractivity contribution in [1.82, 2.24) is 4.90 Å². The topological polar surface area (TPSA) is 95.1 Å². The van der Waals surface area contributed by atoms with Gasteiger partial charge < -0.3 is 14.5 Å². The van der Waals surface area contributed by atoms with Crippen molar-refractivity contribution in [1.29, 1.82) is 5.39 Å². The summed E-state index contributed by atoms with van der Waals surface area (Å²) in [7, 11) is -3.91. The number of halogens is 2. The highest BCUT2D eigenvalue weighted by molar-refractivity contribution is 7.90. The first-order valence-corrected chi connectivity index (χ1v) is 19.0. The minimum atomic E-state index is -3.91. The Balaban J connectivity index is 1.50. The molecular formula is C37H47Cl2N4O4S+. The highest BCUT2D eigenvalue weighted by Gasteiger charge is 2.33. The molecular weight excluding hydrogens is 667 g/mol. The van der Waals surface area contributed by atoms with Crippen LogP contribution in [-0.2, 0) is 31.2 Å². The molecule has 1 amide bonds. The van der Waals surface area contributed by atoms with Gasteiger partial charge in [0.2, 0.25) is 5.39 Å². The molecule has 11 heteroatoms. The minimum Gasteiger partial charge on any atom is -0.480 e. The lowest BCUT2D eigenvalue weighted by atomic mass is 9.76. The molecule has 0 spiro atoms. The second-order valence-corrected chi connectivity index (χ2v) is 16.5. The summed E-state index contributed by atoms with van der Waals surface area (Å²) in [5.74, 6) is 0.349. The standard InChI is InChI=1S/C37H47Cl2N4O4S/c1-8-32(47-33-16-12-26(36(4,5)9-2)22-28(33)37(6,7)10-3)35(44)43-19-17-42(18-20-43)27-13-15-31(41-40)34(23-27)48(45,46)24-25-11-14-29(38)30(39)21-25/h11-16,21-23,32H,8-10,17-20,24H2,1-7H3/q+1. The van der Waals surface area contributed by atoms with Crippen LogP contribution in [0.15, 0.2) is 59.5 Å². The predicted molar refractivity (Wildman–Crippen MR) is 195 cm³/mol. The smallest absolute Gasteiger partial charge is 0.403 e. The number of benzene rings is 3. The summed E-state index contributed by atoms with van der Waals surface area (Å²) in [5, 5.41) is 10.2. The molecule has 258 valence electrons. The van der Waals surface area contributed by atoms with Crippen LogP contribution < -0.4 is 9.64 Å². The zero-order chi connectivity index (χ0) is 35.4. The normalized spacial score (nSPS) is 14.8. The van der Waals surface area contributed by atoms with Crippen LogP contribution in [0.5, 0.6) is 5.75 Å². The van der Waals surface area contributed by atoms with Gasteiger partial charge in [0.1, 0.15) is 5.75 Å². The zero-order valence-electron chi connectivity index (χ0n) is 29.0. The maximum absolute atomic E-state index is 13.8. The lowest BCUT2D eigenvalue weighted by molar-refractivity contribution is -0.139. The van der Waals surface area contributed by atoms with Crippen molar-refractivity contribution in [2.24, 2.45) is 0 Å². The third-order valence-corrected chi connectivity index (χ3v) is 12.3. The largest absolute Gasteiger partial charge is 0.480 e. The molecule has 0 radical (unpaired) electrons. The van der Waals surface area contributed by atoms with E-state index in [1.807, 2.05) is 22.8 Å². The van der Waals surface area contributed by atoms with Crippen molar-refractivity contribution in [2.45, 2.75) is 95.3 Å². The molecule has 1 aliphatic rings. The highest BCUT2D eigenvalue weighted by atomic mass is 35.5. The summed E-state index contributed by atoms with van der Waals surface area (Å²) < 4.78 is 33.5. The molecule has 0 aliphatic carbocycles. The fourth-order valence-electron chi connectivity index (χ4n) is 5.79. The van der Waals surface area contributed by atoms with Gasteiger partial charge in [-0.25, -0.2) is 8.42 Å². The number of amides is 1. The number of ether oxygens (including phenoxy) is 1. The van der Waals surface area contributed by atoms with E-state index in [0.29, 0.717) is 48.9 Å². The highest BCUT2D eigenvalue weighted by Crippen LogP contribution is 2.39. The van der Waals surface area contributed by atoms with Gasteiger partial charge >= 0.3 is 5.69 Å². The third-order valence-electron chi connectivity index (χ3n) is 9.86. The lowest BCUT2D eigenvalue weighted by Crippen LogP contribution is -2.52. The summed E-state index contributed by atoms with van der Waals surface area (Å²) in [4.78, 5) is 20.8. The molecule has 0 N–H and O–H groups in total. The van der Waals surface area contributed by atoms with Crippen molar-refractivity contribution in [3.63, 3.8) is 0 Å². The van der Waals surface area contributed by atoms with E-state index in [0.717, 1.165) is 24.2 Å². The first kappa shape index (κ1) is 37.5. The quantitative estimate of drug-likeness (QED) is 0.174. The predicted octanol–water partition coefficient (Wildman–Crippen LogP) is 9.33. The number of hydrogen-bond donors (Lipinski definition) is 0.